The van der Waals surface area contributed by atoms with Crippen LogP contribution in [0.2, 0.25) is 0 Å². The van der Waals surface area contributed by atoms with E-state index < -0.39 is 0 Å². The second-order valence-corrected chi connectivity index (χ2v) is 4.31. The van der Waals surface area contributed by atoms with Crippen LogP contribution in [0.3, 0.4) is 0 Å². The van der Waals surface area contributed by atoms with Crippen molar-refractivity contribution in [2.45, 2.75) is 51.4 Å². The molecule has 1 saturated carbocycles. The van der Waals surface area contributed by atoms with Crippen molar-refractivity contribution in [1.29, 1.82) is 0 Å². The first kappa shape index (κ1) is 13.0. The molecule has 0 heterocycles. The molecule has 0 spiro atoms. The third kappa shape index (κ3) is 8.28. The fourth-order valence-electron chi connectivity index (χ4n) is 1.85. The van der Waals surface area contributed by atoms with Gasteiger partial charge in [-0.25, -0.2) is 0 Å². The zero-order valence-corrected chi connectivity index (χ0v) is 10.3. The molecular weight excluding hydrogens is 192 g/mol. The van der Waals surface area contributed by atoms with Crippen molar-refractivity contribution in [3.05, 3.63) is 48.6 Å². The fraction of sp³-hybridized carbons (Fsp3) is 0.500. The Morgan fingerprint density at radius 1 is 0.375 bits per heavy atom. The van der Waals surface area contributed by atoms with Crippen molar-refractivity contribution in [3.8, 4) is 0 Å². The minimum Gasteiger partial charge on any atom is -0.0808 e. The highest BCUT2D eigenvalue weighted by Crippen LogP contribution is 2.15. The van der Waals surface area contributed by atoms with E-state index in [0.717, 1.165) is 12.8 Å². The van der Waals surface area contributed by atoms with Gasteiger partial charge >= 0.3 is 0 Å². The monoisotopic (exact) mass is 216 g/mol. The van der Waals surface area contributed by atoms with Gasteiger partial charge in [0.2, 0.25) is 0 Å². The molecule has 0 nitrogen and oxygen atoms in total. The van der Waals surface area contributed by atoms with Gasteiger partial charge in [-0.1, -0.05) is 87.1 Å². The van der Waals surface area contributed by atoms with E-state index in [2.05, 4.69) is 48.6 Å². The first-order valence-corrected chi connectivity index (χ1v) is 6.63. The molecule has 16 heavy (non-hydrogen) atoms. The SMILES string of the molecule is C1=CCC=C1.C1=CCC=C1.C1CCCCC1. The molecule has 0 heteroatoms. The summed E-state index contributed by atoms with van der Waals surface area (Å²) >= 11 is 0. The molecular formula is C16H24. The normalized spacial score (nSPS) is 20.0. The molecule has 3 rings (SSSR count). The van der Waals surface area contributed by atoms with Crippen LogP contribution in [0.15, 0.2) is 48.6 Å². The van der Waals surface area contributed by atoms with Gasteiger partial charge in [0.25, 0.3) is 0 Å². The Morgan fingerprint density at radius 3 is 0.750 bits per heavy atom. The lowest BCUT2D eigenvalue weighted by molar-refractivity contribution is 0.504. The molecule has 0 radical (unpaired) electrons. The molecule has 0 atom stereocenters. The maximum atomic E-state index is 2.12. The lowest BCUT2D eigenvalue weighted by atomic mass is 10.0. The summed E-state index contributed by atoms with van der Waals surface area (Å²) in [6.45, 7) is 0. The van der Waals surface area contributed by atoms with Crippen LogP contribution in [-0.2, 0) is 0 Å². The molecule has 3 aliphatic carbocycles. The van der Waals surface area contributed by atoms with E-state index in [4.69, 9.17) is 0 Å². The zero-order chi connectivity index (χ0) is 11.3. The molecule has 0 aromatic carbocycles. The highest BCUT2D eigenvalue weighted by Gasteiger charge is 1.95. The van der Waals surface area contributed by atoms with Gasteiger partial charge in [0.1, 0.15) is 0 Å². The number of allylic oxidation sites excluding steroid dienone is 8. The van der Waals surface area contributed by atoms with E-state index in [1.54, 1.807) is 0 Å². The summed E-state index contributed by atoms with van der Waals surface area (Å²) in [6, 6.07) is 0. The van der Waals surface area contributed by atoms with Crippen LogP contribution in [0, 0.1) is 0 Å². The van der Waals surface area contributed by atoms with E-state index in [-0.39, 0.29) is 0 Å². The molecule has 0 N–H and O–H groups in total. The Labute approximate surface area is 100 Å². The van der Waals surface area contributed by atoms with Crippen LogP contribution in [0.25, 0.3) is 0 Å². The Balaban J connectivity index is 0.000000121. The molecule has 0 saturated heterocycles. The second-order valence-electron chi connectivity index (χ2n) is 4.31. The first-order valence-electron chi connectivity index (χ1n) is 6.63. The van der Waals surface area contributed by atoms with Gasteiger partial charge in [-0.2, -0.15) is 0 Å². The van der Waals surface area contributed by atoms with Gasteiger partial charge in [-0.05, 0) is 12.8 Å². The summed E-state index contributed by atoms with van der Waals surface area (Å²) in [5.74, 6) is 0. The van der Waals surface area contributed by atoms with Crippen molar-refractivity contribution < 1.29 is 0 Å². The quantitative estimate of drug-likeness (QED) is 0.512. The van der Waals surface area contributed by atoms with Crippen molar-refractivity contribution >= 4 is 0 Å². The van der Waals surface area contributed by atoms with Gasteiger partial charge in [-0.3, -0.25) is 0 Å². The zero-order valence-electron chi connectivity index (χ0n) is 10.3. The summed E-state index contributed by atoms with van der Waals surface area (Å²) in [5.41, 5.74) is 0. The summed E-state index contributed by atoms with van der Waals surface area (Å²) < 4.78 is 0. The Morgan fingerprint density at radius 2 is 0.625 bits per heavy atom. The lowest BCUT2D eigenvalue weighted by Crippen LogP contribution is -1.85. The summed E-state index contributed by atoms with van der Waals surface area (Å²) in [4.78, 5) is 0. The molecule has 0 aromatic rings. The second kappa shape index (κ2) is 10.5. The molecule has 0 aromatic heterocycles. The van der Waals surface area contributed by atoms with Gasteiger partial charge in [0, 0.05) is 0 Å². The maximum Gasteiger partial charge on any atom is -0.0163 e. The number of rotatable bonds is 0. The van der Waals surface area contributed by atoms with Gasteiger partial charge < -0.3 is 0 Å². The molecule has 0 bridgehead atoms. The third-order valence-corrected chi connectivity index (χ3v) is 2.81. The lowest BCUT2D eigenvalue weighted by Gasteiger charge is -2.05. The first-order chi connectivity index (χ1) is 8.00. The van der Waals surface area contributed by atoms with Crippen LogP contribution in [0.4, 0.5) is 0 Å². The van der Waals surface area contributed by atoms with Gasteiger partial charge in [0.05, 0.1) is 0 Å². The number of hydrogen-bond acceptors (Lipinski definition) is 0. The number of hydrogen-bond donors (Lipinski definition) is 0. The average Bonchev–Trinajstić information content (AvgIpc) is 3.10. The minimum absolute atomic E-state index is 1.14. The highest BCUT2D eigenvalue weighted by molar-refractivity contribution is 5.12. The van der Waals surface area contributed by atoms with E-state index in [1.807, 2.05) is 0 Å². The molecule has 0 unspecified atom stereocenters. The van der Waals surface area contributed by atoms with Crippen molar-refractivity contribution in [1.82, 2.24) is 0 Å². The summed E-state index contributed by atoms with van der Waals surface area (Å²) in [5, 5.41) is 0. The topological polar surface area (TPSA) is 0 Å². The van der Waals surface area contributed by atoms with Crippen LogP contribution in [0.1, 0.15) is 51.4 Å². The van der Waals surface area contributed by atoms with Crippen LogP contribution in [-0.4, -0.2) is 0 Å². The molecule has 88 valence electrons. The molecule has 3 aliphatic rings. The van der Waals surface area contributed by atoms with E-state index in [9.17, 15) is 0 Å². The smallest absolute Gasteiger partial charge is 0.0163 e. The highest BCUT2D eigenvalue weighted by atomic mass is 14.0. The summed E-state index contributed by atoms with van der Waals surface area (Å²) in [7, 11) is 0. The third-order valence-electron chi connectivity index (χ3n) is 2.81. The Bertz CT molecular complexity index is 196. The fourth-order valence-corrected chi connectivity index (χ4v) is 1.85. The van der Waals surface area contributed by atoms with Crippen LogP contribution in [0.5, 0.6) is 0 Å². The van der Waals surface area contributed by atoms with Gasteiger partial charge in [0.15, 0.2) is 0 Å². The largest absolute Gasteiger partial charge is 0.0808 e. The Hall–Kier alpha value is -1.04. The standard InChI is InChI=1S/C6H12.2C5H6/c1-2-4-6-5-3-1;2*1-2-4-5-3-1/h1-6H2;2*1-4H,5H2. The van der Waals surface area contributed by atoms with E-state index >= 15 is 0 Å². The predicted octanol–water partition coefficient (Wildman–Crippen LogP) is 5.35. The predicted molar refractivity (Wildman–Crippen MR) is 73.5 cm³/mol. The van der Waals surface area contributed by atoms with Crippen LogP contribution < -0.4 is 0 Å². The molecule has 1 fully saturated rings. The van der Waals surface area contributed by atoms with E-state index in [0.29, 0.717) is 0 Å². The Kier molecular flexibility index (Phi) is 8.53. The van der Waals surface area contributed by atoms with E-state index in [1.165, 1.54) is 38.5 Å². The van der Waals surface area contributed by atoms with Gasteiger partial charge in [-0.15, -0.1) is 0 Å². The van der Waals surface area contributed by atoms with Crippen LogP contribution >= 0.6 is 0 Å². The molecule has 0 amide bonds. The maximum absolute atomic E-state index is 2.12. The van der Waals surface area contributed by atoms with Crippen molar-refractivity contribution in [2.75, 3.05) is 0 Å². The average molecular weight is 216 g/mol. The minimum atomic E-state index is 1.14. The van der Waals surface area contributed by atoms with Crippen molar-refractivity contribution in [3.63, 3.8) is 0 Å². The van der Waals surface area contributed by atoms with Crippen molar-refractivity contribution in [2.24, 2.45) is 0 Å². The molecule has 0 aliphatic heterocycles. The summed E-state index contributed by atoms with van der Waals surface area (Å²) in [6.07, 6.45) is 28.0.